The van der Waals surface area contributed by atoms with Gasteiger partial charge in [-0.2, -0.15) is 0 Å². The lowest BCUT2D eigenvalue weighted by molar-refractivity contribution is -0.0757. The highest BCUT2D eigenvalue weighted by atomic mass is 32.2. The number of aryl methyl sites for hydroxylation is 1. The van der Waals surface area contributed by atoms with Crippen LogP contribution in [0.2, 0.25) is 0 Å². The Morgan fingerprint density at radius 1 is 1.04 bits per heavy atom. The molecule has 0 saturated heterocycles. The van der Waals surface area contributed by atoms with Crippen molar-refractivity contribution in [2.24, 2.45) is 0 Å². The fourth-order valence-corrected chi connectivity index (χ4v) is 2.94. The lowest BCUT2D eigenvalue weighted by atomic mass is 10.2. The van der Waals surface area contributed by atoms with Gasteiger partial charge in [0.25, 0.3) is 15.9 Å². The highest BCUT2D eigenvalue weighted by molar-refractivity contribution is 7.92. The summed E-state index contributed by atoms with van der Waals surface area (Å²) in [4.78, 5) is 16.8. The maximum atomic E-state index is 12.3. The number of nitrogens with zero attached hydrogens (tertiary/aromatic N) is 1. The van der Waals surface area contributed by atoms with Crippen molar-refractivity contribution in [3.8, 4) is 0 Å². The van der Waals surface area contributed by atoms with Gasteiger partial charge in [0.2, 0.25) is 0 Å². The molecule has 0 aliphatic rings. The first-order chi connectivity index (χ1) is 10.8. The van der Waals surface area contributed by atoms with E-state index in [0.29, 0.717) is 11.3 Å². The second-order valence-corrected chi connectivity index (χ2v) is 6.66. The molecule has 0 saturated carbocycles. The zero-order valence-corrected chi connectivity index (χ0v) is 13.9. The number of carbonyl (C=O) groups excluding carboxylic acids is 1. The molecule has 0 radical (unpaired) electrons. The molecule has 23 heavy (non-hydrogen) atoms. The first-order valence-corrected chi connectivity index (χ1v) is 8.33. The van der Waals surface area contributed by atoms with Gasteiger partial charge in [-0.15, -0.1) is 0 Å². The standard InChI is InChI=1S/C16H18N2O4S/c1-12-4-8-14(9-5-12)17-23(20,21)15-10-6-13(7-11-15)16(19)18(2)22-3/h4-11,17H,1-3H3. The van der Waals surface area contributed by atoms with Crippen LogP contribution >= 0.6 is 0 Å². The molecule has 0 fully saturated rings. The predicted molar refractivity (Wildman–Crippen MR) is 87.5 cm³/mol. The number of nitrogens with one attached hydrogen (secondary N) is 1. The van der Waals surface area contributed by atoms with Crippen molar-refractivity contribution >= 4 is 21.6 Å². The average Bonchev–Trinajstić information content (AvgIpc) is 2.55. The number of hydrogen-bond donors (Lipinski definition) is 1. The minimum absolute atomic E-state index is 0.0784. The van der Waals surface area contributed by atoms with Crippen LogP contribution in [0.25, 0.3) is 0 Å². The average molecular weight is 334 g/mol. The summed E-state index contributed by atoms with van der Waals surface area (Å²) in [5.74, 6) is -0.358. The Kier molecular flexibility index (Phi) is 5.02. The normalized spacial score (nSPS) is 11.1. The molecule has 6 nitrogen and oxygen atoms in total. The molecule has 0 aliphatic heterocycles. The largest absolute Gasteiger partial charge is 0.280 e. The van der Waals surface area contributed by atoms with Gasteiger partial charge in [-0.1, -0.05) is 17.7 Å². The van der Waals surface area contributed by atoms with E-state index < -0.39 is 10.0 Å². The van der Waals surface area contributed by atoms with Crippen molar-refractivity contribution in [2.75, 3.05) is 18.9 Å². The van der Waals surface area contributed by atoms with Crippen molar-refractivity contribution in [2.45, 2.75) is 11.8 Å². The van der Waals surface area contributed by atoms with Gasteiger partial charge in [0.15, 0.2) is 0 Å². The number of amides is 1. The number of hydroxylamine groups is 2. The molecule has 2 aromatic rings. The van der Waals surface area contributed by atoms with Gasteiger partial charge in [-0.25, -0.2) is 13.5 Å². The molecule has 2 aromatic carbocycles. The summed E-state index contributed by atoms with van der Waals surface area (Å²) in [5, 5.41) is 1.06. The maximum Gasteiger partial charge on any atom is 0.277 e. The molecule has 0 spiro atoms. The van der Waals surface area contributed by atoms with E-state index in [1.54, 1.807) is 12.1 Å². The first kappa shape index (κ1) is 17.0. The third-order valence-corrected chi connectivity index (χ3v) is 4.67. The van der Waals surface area contributed by atoms with Crippen LogP contribution in [0.4, 0.5) is 5.69 Å². The molecule has 1 N–H and O–H groups in total. The number of hydrogen-bond acceptors (Lipinski definition) is 4. The van der Waals surface area contributed by atoms with Crippen molar-refractivity contribution in [1.29, 1.82) is 0 Å². The summed E-state index contributed by atoms with van der Waals surface area (Å²) in [6, 6.07) is 12.7. The van der Waals surface area contributed by atoms with Gasteiger partial charge in [0.1, 0.15) is 0 Å². The molecule has 122 valence electrons. The van der Waals surface area contributed by atoms with E-state index in [4.69, 9.17) is 4.84 Å². The first-order valence-electron chi connectivity index (χ1n) is 6.85. The van der Waals surface area contributed by atoms with Crippen LogP contribution < -0.4 is 4.72 Å². The van der Waals surface area contributed by atoms with Crippen LogP contribution in [0.15, 0.2) is 53.4 Å². The fourth-order valence-electron chi connectivity index (χ4n) is 1.88. The number of sulfonamides is 1. The smallest absolute Gasteiger partial charge is 0.277 e. The molecule has 0 atom stereocenters. The Morgan fingerprint density at radius 2 is 1.61 bits per heavy atom. The van der Waals surface area contributed by atoms with E-state index in [0.717, 1.165) is 10.6 Å². The predicted octanol–water partition coefficient (Wildman–Crippen LogP) is 2.43. The Hall–Kier alpha value is -2.38. The third-order valence-electron chi connectivity index (χ3n) is 3.28. The number of benzene rings is 2. The molecule has 0 heterocycles. The molecular weight excluding hydrogens is 316 g/mol. The summed E-state index contributed by atoms with van der Waals surface area (Å²) in [6.07, 6.45) is 0. The van der Waals surface area contributed by atoms with Gasteiger partial charge in [-0.05, 0) is 43.3 Å². The van der Waals surface area contributed by atoms with Crippen LogP contribution in [0.5, 0.6) is 0 Å². The number of anilines is 1. The monoisotopic (exact) mass is 334 g/mol. The Bertz CT molecular complexity index is 784. The number of carbonyl (C=O) groups is 1. The van der Waals surface area contributed by atoms with Crippen LogP contribution in [-0.2, 0) is 14.9 Å². The summed E-state index contributed by atoms with van der Waals surface area (Å²) < 4.78 is 27.1. The molecule has 0 aliphatic carbocycles. The SMILES string of the molecule is CON(C)C(=O)c1ccc(S(=O)(=O)Nc2ccc(C)cc2)cc1. The van der Waals surface area contributed by atoms with E-state index >= 15 is 0 Å². The molecule has 2 rings (SSSR count). The quantitative estimate of drug-likeness (QED) is 0.852. The molecule has 0 bridgehead atoms. The Labute approximate surface area is 135 Å². The van der Waals surface area contributed by atoms with Crippen molar-refractivity contribution in [1.82, 2.24) is 5.06 Å². The van der Waals surface area contributed by atoms with Gasteiger partial charge < -0.3 is 0 Å². The lowest BCUT2D eigenvalue weighted by Gasteiger charge is -2.14. The third kappa shape index (κ3) is 4.08. The van der Waals surface area contributed by atoms with E-state index in [1.807, 2.05) is 19.1 Å². The Balaban J connectivity index is 2.20. The van der Waals surface area contributed by atoms with E-state index in [-0.39, 0.29) is 10.8 Å². The Morgan fingerprint density at radius 3 is 2.13 bits per heavy atom. The lowest BCUT2D eigenvalue weighted by Crippen LogP contribution is -2.25. The molecule has 0 unspecified atom stereocenters. The van der Waals surface area contributed by atoms with Crippen LogP contribution in [0, 0.1) is 6.92 Å². The van der Waals surface area contributed by atoms with Gasteiger partial charge in [0.05, 0.1) is 12.0 Å². The van der Waals surface area contributed by atoms with E-state index in [9.17, 15) is 13.2 Å². The van der Waals surface area contributed by atoms with Crippen LogP contribution in [0.1, 0.15) is 15.9 Å². The highest BCUT2D eigenvalue weighted by Gasteiger charge is 2.16. The summed E-state index contributed by atoms with van der Waals surface area (Å²) in [7, 11) is -0.845. The van der Waals surface area contributed by atoms with Crippen LogP contribution in [-0.4, -0.2) is 33.5 Å². The van der Waals surface area contributed by atoms with E-state index in [1.165, 1.54) is 38.4 Å². The summed E-state index contributed by atoms with van der Waals surface area (Å²) in [5.41, 5.74) is 1.86. The van der Waals surface area contributed by atoms with Crippen molar-refractivity contribution in [3.05, 3.63) is 59.7 Å². The minimum Gasteiger partial charge on any atom is -0.280 e. The fraction of sp³-hybridized carbons (Fsp3) is 0.188. The maximum absolute atomic E-state index is 12.3. The summed E-state index contributed by atoms with van der Waals surface area (Å²) >= 11 is 0. The second-order valence-electron chi connectivity index (χ2n) is 4.98. The zero-order chi connectivity index (χ0) is 17.0. The van der Waals surface area contributed by atoms with Crippen LogP contribution in [0.3, 0.4) is 0 Å². The molecule has 7 heteroatoms. The summed E-state index contributed by atoms with van der Waals surface area (Å²) in [6.45, 7) is 1.92. The van der Waals surface area contributed by atoms with Gasteiger partial charge in [-0.3, -0.25) is 14.4 Å². The van der Waals surface area contributed by atoms with Crippen molar-refractivity contribution in [3.63, 3.8) is 0 Å². The highest BCUT2D eigenvalue weighted by Crippen LogP contribution is 2.17. The second kappa shape index (κ2) is 6.80. The zero-order valence-electron chi connectivity index (χ0n) is 13.1. The molecular formula is C16H18N2O4S. The topological polar surface area (TPSA) is 75.7 Å². The molecule has 0 aromatic heterocycles. The van der Waals surface area contributed by atoms with Gasteiger partial charge in [0, 0.05) is 18.3 Å². The molecule has 1 amide bonds. The number of rotatable bonds is 5. The van der Waals surface area contributed by atoms with Gasteiger partial charge >= 0.3 is 0 Å². The van der Waals surface area contributed by atoms with Crippen molar-refractivity contribution < 1.29 is 18.0 Å². The van der Waals surface area contributed by atoms with E-state index in [2.05, 4.69) is 4.72 Å². The minimum atomic E-state index is -3.70.